The van der Waals surface area contributed by atoms with Gasteiger partial charge in [-0.2, -0.15) is 0 Å². The van der Waals surface area contributed by atoms with E-state index in [-0.39, 0.29) is 5.56 Å². The number of methoxy groups -OCH3 is 1. The third-order valence-electron chi connectivity index (χ3n) is 5.96. The zero-order chi connectivity index (χ0) is 21.2. The lowest BCUT2D eigenvalue weighted by Crippen LogP contribution is -2.46. The molecule has 0 amide bonds. The van der Waals surface area contributed by atoms with Crippen LogP contribution in [0.15, 0.2) is 65.8 Å². The van der Waals surface area contributed by atoms with Gasteiger partial charge in [-0.25, -0.2) is 4.98 Å². The number of pyridine rings is 1. The zero-order valence-electron chi connectivity index (χ0n) is 17.6. The van der Waals surface area contributed by atoms with Crippen LogP contribution in [0.4, 0.5) is 11.4 Å². The fourth-order valence-electron chi connectivity index (χ4n) is 4.25. The van der Waals surface area contributed by atoms with Gasteiger partial charge < -0.3 is 14.5 Å². The van der Waals surface area contributed by atoms with Gasteiger partial charge in [0.15, 0.2) is 0 Å². The second-order valence-electron chi connectivity index (χ2n) is 7.76. The summed E-state index contributed by atoms with van der Waals surface area (Å²) in [6.45, 7) is 4.67. The van der Waals surface area contributed by atoms with Gasteiger partial charge in [0.05, 0.1) is 35.9 Å². The minimum Gasteiger partial charge on any atom is -0.383 e. The van der Waals surface area contributed by atoms with Crippen LogP contribution >= 0.6 is 0 Å². The molecule has 0 aliphatic carbocycles. The van der Waals surface area contributed by atoms with E-state index in [4.69, 9.17) is 4.74 Å². The molecule has 7 nitrogen and oxygen atoms in total. The molecule has 7 heteroatoms. The topological polar surface area (TPSA) is 63.5 Å². The fraction of sp³-hybridized carbons (Fsp3) is 0.292. The lowest BCUT2D eigenvalue weighted by Gasteiger charge is -2.37. The largest absolute Gasteiger partial charge is 0.383 e. The molecule has 5 rings (SSSR count). The Hall–Kier alpha value is -3.45. The van der Waals surface area contributed by atoms with Crippen LogP contribution in [0.1, 0.15) is 0 Å². The highest BCUT2D eigenvalue weighted by atomic mass is 16.5. The number of nitrogens with zero attached hydrogens (tertiary/aromatic N) is 5. The Morgan fingerprint density at radius 3 is 2.55 bits per heavy atom. The lowest BCUT2D eigenvalue weighted by molar-refractivity contribution is 0.186. The van der Waals surface area contributed by atoms with E-state index in [1.807, 2.05) is 30.5 Å². The van der Waals surface area contributed by atoms with Gasteiger partial charge in [0.2, 0.25) is 0 Å². The van der Waals surface area contributed by atoms with Gasteiger partial charge in [0.1, 0.15) is 0 Å². The van der Waals surface area contributed by atoms with Crippen LogP contribution in [0.3, 0.4) is 0 Å². The smallest absolute Gasteiger partial charge is 0.261 e. The maximum Gasteiger partial charge on any atom is 0.261 e. The first-order valence-electron chi connectivity index (χ1n) is 10.6. The lowest BCUT2D eigenvalue weighted by atomic mass is 10.1. The molecular weight excluding hydrogens is 390 g/mol. The summed E-state index contributed by atoms with van der Waals surface area (Å²) in [7, 11) is 1.63. The summed E-state index contributed by atoms with van der Waals surface area (Å²) < 4.78 is 6.67. The molecule has 4 aromatic rings. The summed E-state index contributed by atoms with van der Waals surface area (Å²) in [5.74, 6) is 0. The van der Waals surface area contributed by atoms with Crippen LogP contribution in [0.25, 0.3) is 21.8 Å². The number of hydrogen-bond donors (Lipinski definition) is 0. The molecule has 3 heterocycles. The second-order valence-corrected chi connectivity index (χ2v) is 7.76. The molecule has 1 saturated heterocycles. The Morgan fingerprint density at radius 1 is 0.903 bits per heavy atom. The predicted octanol–water partition coefficient (Wildman–Crippen LogP) is 2.92. The van der Waals surface area contributed by atoms with E-state index in [9.17, 15) is 4.79 Å². The maximum absolute atomic E-state index is 12.7. The van der Waals surface area contributed by atoms with Crippen LogP contribution in [-0.2, 0) is 11.3 Å². The molecule has 1 aliphatic heterocycles. The van der Waals surface area contributed by atoms with Crippen LogP contribution < -0.4 is 15.4 Å². The van der Waals surface area contributed by atoms with Crippen molar-refractivity contribution in [2.45, 2.75) is 6.54 Å². The summed E-state index contributed by atoms with van der Waals surface area (Å²) >= 11 is 0. The van der Waals surface area contributed by atoms with Gasteiger partial charge in [0.25, 0.3) is 5.56 Å². The molecular formula is C24H25N5O2. The standard InChI is InChI=1S/C24H25N5O2/c1-31-15-14-29-17-26-22-16-18(6-7-20(22)24(29)30)27-10-12-28(13-11-27)23-8-9-25-21-5-3-2-4-19(21)23/h2-9,16-17H,10-15H2,1H3. The first-order chi connectivity index (χ1) is 15.2. The minimum atomic E-state index is -0.0250. The molecule has 0 radical (unpaired) electrons. The maximum atomic E-state index is 12.7. The van der Waals surface area contributed by atoms with Gasteiger partial charge in [-0.3, -0.25) is 14.3 Å². The molecule has 1 aliphatic rings. The summed E-state index contributed by atoms with van der Waals surface area (Å²) in [6.07, 6.45) is 3.50. The Bertz CT molecular complexity index is 1270. The highest BCUT2D eigenvalue weighted by Crippen LogP contribution is 2.27. The van der Waals surface area contributed by atoms with Gasteiger partial charge in [-0.15, -0.1) is 0 Å². The Labute approximate surface area is 180 Å². The number of hydrogen-bond acceptors (Lipinski definition) is 6. The van der Waals surface area contributed by atoms with Crippen molar-refractivity contribution in [1.29, 1.82) is 0 Å². The summed E-state index contributed by atoms with van der Waals surface area (Å²) in [4.78, 5) is 26.4. The molecule has 2 aromatic carbocycles. The van der Waals surface area contributed by atoms with Gasteiger partial charge in [-0.1, -0.05) is 18.2 Å². The van der Waals surface area contributed by atoms with Crippen LogP contribution in [-0.4, -0.2) is 54.4 Å². The average Bonchev–Trinajstić information content (AvgIpc) is 2.83. The van der Waals surface area contributed by atoms with Crippen molar-refractivity contribution in [1.82, 2.24) is 14.5 Å². The van der Waals surface area contributed by atoms with E-state index >= 15 is 0 Å². The average molecular weight is 415 g/mol. The highest BCUT2D eigenvalue weighted by molar-refractivity contribution is 5.91. The Kier molecular flexibility index (Phi) is 5.26. The van der Waals surface area contributed by atoms with Crippen molar-refractivity contribution >= 4 is 33.2 Å². The van der Waals surface area contributed by atoms with E-state index < -0.39 is 0 Å². The third-order valence-corrected chi connectivity index (χ3v) is 5.96. The Morgan fingerprint density at radius 2 is 1.71 bits per heavy atom. The number of para-hydroxylation sites is 1. The number of benzene rings is 2. The van der Waals surface area contributed by atoms with Crippen molar-refractivity contribution < 1.29 is 4.74 Å². The number of anilines is 2. The number of ether oxygens (including phenoxy) is 1. The van der Waals surface area contributed by atoms with E-state index in [1.54, 1.807) is 18.0 Å². The summed E-state index contributed by atoms with van der Waals surface area (Å²) in [6, 6.07) is 16.3. The monoisotopic (exact) mass is 415 g/mol. The molecule has 31 heavy (non-hydrogen) atoms. The van der Waals surface area contributed by atoms with E-state index in [0.717, 1.165) is 42.9 Å². The second kappa shape index (κ2) is 8.35. The highest BCUT2D eigenvalue weighted by Gasteiger charge is 2.19. The van der Waals surface area contributed by atoms with Crippen LogP contribution in [0.2, 0.25) is 0 Å². The van der Waals surface area contributed by atoms with Gasteiger partial charge >= 0.3 is 0 Å². The summed E-state index contributed by atoms with van der Waals surface area (Å²) in [5, 5.41) is 1.84. The molecule has 0 bridgehead atoms. The van der Waals surface area contributed by atoms with Crippen molar-refractivity contribution in [3.05, 3.63) is 71.4 Å². The molecule has 0 N–H and O–H groups in total. The molecule has 158 valence electrons. The number of piperazine rings is 1. The fourth-order valence-corrected chi connectivity index (χ4v) is 4.25. The van der Waals surface area contributed by atoms with E-state index in [2.05, 4.69) is 44.0 Å². The third kappa shape index (κ3) is 3.72. The molecule has 0 atom stereocenters. The minimum absolute atomic E-state index is 0.0250. The molecule has 2 aromatic heterocycles. The van der Waals surface area contributed by atoms with E-state index in [0.29, 0.717) is 18.5 Å². The normalized spacial score (nSPS) is 14.5. The molecule has 1 fully saturated rings. The van der Waals surface area contributed by atoms with Crippen LogP contribution in [0, 0.1) is 0 Å². The van der Waals surface area contributed by atoms with E-state index in [1.165, 1.54) is 11.1 Å². The quantitative estimate of drug-likeness (QED) is 0.499. The Balaban J connectivity index is 1.35. The van der Waals surface area contributed by atoms with Crippen molar-refractivity contribution in [3.63, 3.8) is 0 Å². The predicted molar refractivity (Wildman–Crippen MR) is 124 cm³/mol. The van der Waals surface area contributed by atoms with Crippen LogP contribution in [0.5, 0.6) is 0 Å². The van der Waals surface area contributed by atoms with Crippen molar-refractivity contribution in [3.8, 4) is 0 Å². The number of rotatable bonds is 5. The van der Waals surface area contributed by atoms with Crippen molar-refractivity contribution in [2.75, 3.05) is 49.7 Å². The number of fused-ring (bicyclic) bond motifs is 2. The van der Waals surface area contributed by atoms with Crippen molar-refractivity contribution in [2.24, 2.45) is 0 Å². The summed E-state index contributed by atoms with van der Waals surface area (Å²) in [5.41, 5.74) is 4.08. The van der Waals surface area contributed by atoms with Gasteiger partial charge in [0, 0.05) is 56.2 Å². The number of aromatic nitrogens is 3. The molecule has 0 spiro atoms. The SMILES string of the molecule is COCCn1cnc2cc(N3CCN(c4ccnc5ccccc45)CC3)ccc2c1=O. The first kappa shape index (κ1) is 19.5. The first-order valence-corrected chi connectivity index (χ1v) is 10.6. The van der Waals surface area contributed by atoms with Gasteiger partial charge in [-0.05, 0) is 30.3 Å². The molecule has 0 saturated carbocycles. The zero-order valence-corrected chi connectivity index (χ0v) is 17.6. The molecule has 0 unspecified atom stereocenters.